The minimum absolute atomic E-state index is 0.0320. The van der Waals surface area contributed by atoms with Crippen molar-refractivity contribution in [3.8, 4) is 11.5 Å². The highest BCUT2D eigenvalue weighted by molar-refractivity contribution is 6.32. The average Bonchev–Trinajstić information content (AvgIpc) is 3.21. The Morgan fingerprint density at radius 2 is 1.87 bits per heavy atom. The van der Waals surface area contributed by atoms with E-state index in [0.29, 0.717) is 36.0 Å². The Morgan fingerprint density at radius 1 is 1.16 bits per heavy atom. The topological polar surface area (TPSA) is 82.0 Å². The number of hydrogen-bond donors (Lipinski definition) is 3. The van der Waals surface area contributed by atoms with Gasteiger partial charge in [-0.1, -0.05) is 32.4 Å². The van der Waals surface area contributed by atoms with E-state index in [1.165, 1.54) is 25.0 Å². The highest BCUT2D eigenvalue weighted by atomic mass is 35.5. The maximum absolute atomic E-state index is 12.3. The van der Waals surface area contributed by atoms with Crippen LogP contribution in [-0.2, 0) is 16.7 Å². The van der Waals surface area contributed by atoms with Crippen molar-refractivity contribution in [2.75, 3.05) is 31.6 Å². The van der Waals surface area contributed by atoms with Gasteiger partial charge in [0.1, 0.15) is 23.7 Å². The largest absolute Gasteiger partial charge is 0.507 e. The van der Waals surface area contributed by atoms with E-state index in [-0.39, 0.29) is 22.5 Å². The van der Waals surface area contributed by atoms with E-state index in [2.05, 4.69) is 31.0 Å². The number of carbonyl (C=O) groups excluding carboxylic acids is 1. The number of rotatable bonds is 7. The number of likely N-dealkylation sites (tertiary alicyclic amines) is 1. The third-order valence-corrected chi connectivity index (χ3v) is 5.84. The molecule has 3 rings (SSSR count). The molecule has 3 N–H and O–H groups in total. The van der Waals surface area contributed by atoms with Crippen LogP contribution in [0.2, 0.25) is 5.02 Å². The van der Waals surface area contributed by atoms with Gasteiger partial charge >= 0.3 is 5.97 Å². The number of carbonyl (C=O) groups is 1. The molecule has 0 amide bonds. The maximum Gasteiger partial charge on any atom is 0.341 e. The number of hydrogen-bond acceptors (Lipinski definition) is 6. The van der Waals surface area contributed by atoms with E-state index >= 15 is 0 Å². The first-order chi connectivity index (χ1) is 14.6. The van der Waals surface area contributed by atoms with E-state index in [0.717, 1.165) is 18.7 Å². The minimum Gasteiger partial charge on any atom is -0.507 e. The summed E-state index contributed by atoms with van der Waals surface area (Å²) in [6, 6.07) is 8.40. The molecule has 7 heteroatoms. The number of benzene rings is 2. The SMILES string of the molecule is CC(C)(C)c1cc(Cl)c(O)c(CNc2ccc(C(=O)OCCN3CCCC3)c(O)c2)c1. The summed E-state index contributed by atoms with van der Waals surface area (Å²) in [7, 11) is 0. The lowest BCUT2D eigenvalue weighted by molar-refractivity contribution is 0.0469. The summed E-state index contributed by atoms with van der Waals surface area (Å²) in [5.74, 6) is -0.656. The molecule has 0 atom stereocenters. The minimum atomic E-state index is -0.537. The number of esters is 1. The van der Waals surface area contributed by atoms with Crippen molar-refractivity contribution in [3.63, 3.8) is 0 Å². The van der Waals surface area contributed by atoms with E-state index in [1.807, 2.05) is 6.07 Å². The van der Waals surface area contributed by atoms with Crippen LogP contribution < -0.4 is 5.32 Å². The van der Waals surface area contributed by atoms with Crippen LogP contribution in [0.3, 0.4) is 0 Å². The molecule has 0 spiro atoms. The van der Waals surface area contributed by atoms with Crippen LogP contribution in [0.5, 0.6) is 11.5 Å². The number of phenolic OH excluding ortho intramolecular Hbond substituents is 2. The molecule has 2 aromatic carbocycles. The molecule has 31 heavy (non-hydrogen) atoms. The second-order valence-corrected chi connectivity index (χ2v) is 9.39. The van der Waals surface area contributed by atoms with E-state index < -0.39 is 5.97 Å². The average molecular weight is 447 g/mol. The molecule has 2 aromatic rings. The second kappa shape index (κ2) is 9.79. The van der Waals surface area contributed by atoms with Crippen LogP contribution in [0.1, 0.15) is 55.1 Å². The molecular weight excluding hydrogens is 416 g/mol. The molecule has 1 heterocycles. The Morgan fingerprint density at radius 3 is 2.52 bits per heavy atom. The maximum atomic E-state index is 12.3. The third kappa shape index (κ3) is 6.05. The number of halogens is 1. The monoisotopic (exact) mass is 446 g/mol. The highest BCUT2D eigenvalue weighted by Gasteiger charge is 2.19. The van der Waals surface area contributed by atoms with Crippen molar-refractivity contribution in [1.29, 1.82) is 0 Å². The first-order valence-electron chi connectivity index (χ1n) is 10.6. The number of nitrogens with zero attached hydrogens (tertiary/aromatic N) is 1. The predicted molar refractivity (Wildman–Crippen MR) is 123 cm³/mol. The van der Waals surface area contributed by atoms with Crippen LogP contribution in [0.25, 0.3) is 0 Å². The molecule has 0 radical (unpaired) electrons. The van der Waals surface area contributed by atoms with E-state index in [4.69, 9.17) is 16.3 Å². The lowest BCUT2D eigenvalue weighted by Crippen LogP contribution is -2.25. The van der Waals surface area contributed by atoms with Crippen LogP contribution in [0.15, 0.2) is 30.3 Å². The van der Waals surface area contributed by atoms with E-state index in [1.54, 1.807) is 12.1 Å². The number of phenols is 2. The fourth-order valence-corrected chi connectivity index (χ4v) is 3.83. The summed E-state index contributed by atoms with van der Waals surface area (Å²) in [6.07, 6.45) is 2.38. The number of ether oxygens (including phenoxy) is 1. The fourth-order valence-electron chi connectivity index (χ4n) is 3.59. The molecule has 1 aliphatic heterocycles. The summed E-state index contributed by atoms with van der Waals surface area (Å²) in [5, 5.41) is 24.1. The third-order valence-electron chi connectivity index (χ3n) is 5.55. The van der Waals surface area contributed by atoms with Gasteiger partial charge in [-0.15, -0.1) is 0 Å². The summed E-state index contributed by atoms with van der Waals surface area (Å²) < 4.78 is 5.31. The molecule has 168 valence electrons. The molecule has 0 bridgehead atoms. The van der Waals surface area contributed by atoms with Gasteiger partial charge in [-0.05, 0) is 61.2 Å². The number of nitrogens with one attached hydrogen (secondary N) is 1. The van der Waals surface area contributed by atoms with Crippen molar-refractivity contribution in [2.24, 2.45) is 0 Å². The van der Waals surface area contributed by atoms with Gasteiger partial charge in [0.2, 0.25) is 0 Å². The summed E-state index contributed by atoms with van der Waals surface area (Å²) in [6.45, 7) is 9.66. The lowest BCUT2D eigenvalue weighted by atomic mass is 9.86. The van der Waals surface area contributed by atoms with Gasteiger partial charge < -0.3 is 20.3 Å². The summed E-state index contributed by atoms with van der Waals surface area (Å²) >= 11 is 6.20. The first kappa shape index (κ1) is 23.2. The van der Waals surface area contributed by atoms with Gasteiger partial charge in [0.05, 0.1) is 5.02 Å². The highest BCUT2D eigenvalue weighted by Crippen LogP contribution is 2.34. The Hall–Kier alpha value is -2.44. The van der Waals surface area contributed by atoms with Crippen LogP contribution in [0.4, 0.5) is 5.69 Å². The molecule has 0 aliphatic carbocycles. The predicted octanol–water partition coefficient (Wildman–Crippen LogP) is 4.91. The van der Waals surface area contributed by atoms with Crippen molar-refractivity contribution >= 4 is 23.3 Å². The molecule has 1 fully saturated rings. The van der Waals surface area contributed by atoms with Gasteiger partial charge in [0.15, 0.2) is 0 Å². The zero-order valence-corrected chi connectivity index (χ0v) is 19.1. The number of aromatic hydroxyl groups is 2. The standard InChI is InChI=1S/C24H31ClN2O4/c1-24(2,3)17-12-16(22(29)20(25)13-17)15-26-18-6-7-19(21(28)14-18)23(30)31-11-10-27-8-4-5-9-27/h6-7,12-14,26,28-29H,4-5,8-11,15H2,1-3H3. The normalized spacial score (nSPS) is 14.6. The van der Waals surface area contributed by atoms with Crippen LogP contribution >= 0.6 is 11.6 Å². The number of anilines is 1. The van der Waals surface area contributed by atoms with Gasteiger partial charge in [-0.3, -0.25) is 4.90 Å². The Labute approximate surface area is 188 Å². The van der Waals surface area contributed by atoms with Gasteiger partial charge in [0.25, 0.3) is 0 Å². The smallest absolute Gasteiger partial charge is 0.341 e. The fraction of sp³-hybridized carbons (Fsp3) is 0.458. The molecule has 0 saturated carbocycles. The quantitative estimate of drug-likeness (QED) is 0.524. The molecule has 1 aliphatic rings. The van der Waals surface area contributed by atoms with Crippen LogP contribution in [-0.4, -0.2) is 47.3 Å². The summed E-state index contributed by atoms with van der Waals surface area (Å²) in [4.78, 5) is 14.5. The molecule has 0 aromatic heterocycles. The van der Waals surface area contributed by atoms with Crippen molar-refractivity contribution in [1.82, 2.24) is 4.90 Å². The zero-order chi connectivity index (χ0) is 22.6. The Kier molecular flexibility index (Phi) is 7.34. The first-order valence-corrected chi connectivity index (χ1v) is 11.0. The van der Waals surface area contributed by atoms with E-state index in [9.17, 15) is 15.0 Å². The zero-order valence-electron chi connectivity index (χ0n) is 18.4. The van der Waals surface area contributed by atoms with Gasteiger partial charge in [-0.2, -0.15) is 0 Å². The molecule has 6 nitrogen and oxygen atoms in total. The van der Waals surface area contributed by atoms with Crippen LogP contribution in [0, 0.1) is 0 Å². The second-order valence-electron chi connectivity index (χ2n) is 8.99. The molecular formula is C24H31ClN2O4. The van der Waals surface area contributed by atoms with Crippen molar-refractivity contribution in [3.05, 3.63) is 52.0 Å². The summed E-state index contributed by atoms with van der Waals surface area (Å²) in [5.41, 5.74) is 2.31. The molecule has 1 saturated heterocycles. The Bertz CT molecular complexity index is 934. The lowest BCUT2D eigenvalue weighted by Gasteiger charge is -2.21. The van der Waals surface area contributed by atoms with Gasteiger partial charge in [-0.25, -0.2) is 4.79 Å². The van der Waals surface area contributed by atoms with Gasteiger partial charge in [0, 0.05) is 30.4 Å². The Balaban J connectivity index is 1.61. The van der Waals surface area contributed by atoms with Crippen molar-refractivity contribution in [2.45, 2.75) is 45.6 Å². The van der Waals surface area contributed by atoms with Crippen molar-refractivity contribution < 1.29 is 19.7 Å². The molecule has 0 unspecified atom stereocenters.